The molecule has 1 fully saturated rings. The Labute approximate surface area is 113 Å². The molecule has 1 aromatic carbocycles. The zero-order chi connectivity index (χ0) is 13.0. The SMILES string of the molecule is CN[C@H]1Cc2ccc(OC)c3c2C2[C@@H](NCC[C@@H]21)O3. The molecule has 0 spiro atoms. The van der Waals surface area contributed by atoms with Gasteiger partial charge in [0.2, 0.25) is 0 Å². The van der Waals surface area contributed by atoms with Crippen molar-refractivity contribution in [2.45, 2.75) is 31.0 Å². The zero-order valence-electron chi connectivity index (χ0n) is 11.4. The second-order valence-corrected chi connectivity index (χ2v) is 5.74. The molecular weight excluding hydrogens is 240 g/mol. The van der Waals surface area contributed by atoms with E-state index in [-0.39, 0.29) is 6.23 Å². The summed E-state index contributed by atoms with van der Waals surface area (Å²) in [5.41, 5.74) is 2.82. The molecule has 4 nitrogen and oxygen atoms in total. The van der Waals surface area contributed by atoms with Crippen LogP contribution in [0.25, 0.3) is 0 Å². The van der Waals surface area contributed by atoms with Gasteiger partial charge in [0, 0.05) is 17.5 Å². The van der Waals surface area contributed by atoms with Crippen molar-refractivity contribution in [2.24, 2.45) is 5.92 Å². The van der Waals surface area contributed by atoms with Gasteiger partial charge in [0.05, 0.1) is 7.11 Å². The van der Waals surface area contributed by atoms with Crippen LogP contribution in [0.15, 0.2) is 12.1 Å². The molecule has 2 N–H and O–H groups in total. The number of likely N-dealkylation sites (N-methyl/N-ethyl adjacent to an activating group) is 1. The number of ether oxygens (including phenoxy) is 2. The van der Waals surface area contributed by atoms with Crippen molar-refractivity contribution in [3.63, 3.8) is 0 Å². The summed E-state index contributed by atoms with van der Waals surface area (Å²) in [7, 11) is 3.79. The molecule has 1 saturated heterocycles. The summed E-state index contributed by atoms with van der Waals surface area (Å²) in [6.45, 7) is 1.04. The molecule has 4 rings (SSSR count). The topological polar surface area (TPSA) is 42.5 Å². The van der Waals surface area contributed by atoms with E-state index in [9.17, 15) is 0 Å². The second kappa shape index (κ2) is 4.12. The number of methoxy groups -OCH3 is 1. The van der Waals surface area contributed by atoms with Crippen LogP contribution in [-0.4, -0.2) is 33.0 Å². The van der Waals surface area contributed by atoms with Crippen LogP contribution in [0.1, 0.15) is 23.5 Å². The smallest absolute Gasteiger partial charge is 0.167 e. The molecule has 0 radical (unpaired) electrons. The molecule has 1 aliphatic carbocycles. The van der Waals surface area contributed by atoms with Crippen LogP contribution in [0.3, 0.4) is 0 Å². The van der Waals surface area contributed by atoms with Gasteiger partial charge in [0.15, 0.2) is 17.7 Å². The van der Waals surface area contributed by atoms with Crippen molar-refractivity contribution in [3.05, 3.63) is 23.3 Å². The third kappa shape index (κ3) is 1.47. The summed E-state index contributed by atoms with van der Waals surface area (Å²) in [5, 5.41) is 7.01. The fourth-order valence-corrected chi connectivity index (χ4v) is 4.13. The van der Waals surface area contributed by atoms with Gasteiger partial charge < -0.3 is 14.8 Å². The van der Waals surface area contributed by atoms with E-state index in [1.807, 2.05) is 6.07 Å². The van der Waals surface area contributed by atoms with Crippen molar-refractivity contribution < 1.29 is 9.47 Å². The summed E-state index contributed by atoms with van der Waals surface area (Å²) in [4.78, 5) is 0. The van der Waals surface area contributed by atoms with E-state index in [2.05, 4.69) is 23.7 Å². The molecule has 3 aliphatic rings. The highest BCUT2D eigenvalue weighted by Gasteiger charge is 2.49. The van der Waals surface area contributed by atoms with Crippen molar-refractivity contribution in [3.8, 4) is 11.5 Å². The standard InChI is InChI=1S/C15H20N2O2/c1-16-10-7-8-3-4-11(18-2)14-12(8)13-9(10)5-6-17-15(13)19-14/h3-4,9-10,13,15-17H,5-7H2,1-2H3/t9-,10+,13?,15+/m1/s1. The maximum absolute atomic E-state index is 6.15. The number of hydrogen-bond acceptors (Lipinski definition) is 4. The number of benzene rings is 1. The Morgan fingerprint density at radius 1 is 1.42 bits per heavy atom. The lowest BCUT2D eigenvalue weighted by Crippen LogP contribution is -2.53. The molecule has 19 heavy (non-hydrogen) atoms. The number of nitrogens with one attached hydrogen (secondary N) is 2. The fraction of sp³-hybridized carbons (Fsp3) is 0.600. The number of rotatable bonds is 2. The van der Waals surface area contributed by atoms with Crippen LogP contribution in [0.5, 0.6) is 11.5 Å². The van der Waals surface area contributed by atoms with Crippen molar-refractivity contribution in [2.75, 3.05) is 20.7 Å². The highest BCUT2D eigenvalue weighted by Crippen LogP contribution is 2.53. The second-order valence-electron chi connectivity index (χ2n) is 5.74. The average molecular weight is 260 g/mol. The third-order valence-corrected chi connectivity index (χ3v) is 4.99. The number of piperidine rings is 1. The summed E-state index contributed by atoms with van der Waals surface area (Å²) in [5.74, 6) is 2.98. The molecule has 4 heteroatoms. The summed E-state index contributed by atoms with van der Waals surface area (Å²) >= 11 is 0. The molecule has 1 unspecified atom stereocenters. The van der Waals surface area contributed by atoms with Gasteiger partial charge in [0.25, 0.3) is 0 Å². The molecule has 2 aliphatic heterocycles. The van der Waals surface area contributed by atoms with Gasteiger partial charge in [-0.1, -0.05) is 6.07 Å². The lowest BCUT2D eigenvalue weighted by Gasteiger charge is -2.42. The zero-order valence-corrected chi connectivity index (χ0v) is 11.4. The predicted molar refractivity (Wildman–Crippen MR) is 72.8 cm³/mol. The van der Waals surface area contributed by atoms with E-state index in [0.717, 1.165) is 24.5 Å². The number of hydrogen-bond donors (Lipinski definition) is 2. The highest BCUT2D eigenvalue weighted by molar-refractivity contribution is 5.57. The first-order valence-corrected chi connectivity index (χ1v) is 7.10. The minimum absolute atomic E-state index is 0.125. The van der Waals surface area contributed by atoms with E-state index in [1.54, 1.807) is 7.11 Å². The highest BCUT2D eigenvalue weighted by atomic mass is 16.5. The van der Waals surface area contributed by atoms with Crippen LogP contribution in [-0.2, 0) is 6.42 Å². The molecule has 4 atom stereocenters. The Balaban J connectivity index is 1.88. The van der Waals surface area contributed by atoms with Gasteiger partial charge in [-0.25, -0.2) is 0 Å². The molecule has 102 valence electrons. The van der Waals surface area contributed by atoms with Crippen LogP contribution < -0.4 is 20.1 Å². The molecule has 0 saturated carbocycles. The predicted octanol–water partition coefficient (Wildman–Crippen LogP) is 1.25. The van der Waals surface area contributed by atoms with Gasteiger partial charge in [-0.05, 0) is 44.0 Å². The summed E-state index contributed by atoms with van der Waals surface area (Å²) < 4.78 is 11.6. The van der Waals surface area contributed by atoms with Crippen LogP contribution in [0.2, 0.25) is 0 Å². The van der Waals surface area contributed by atoms with Crippen molar-refractivity contribution in [1.29, 1.82) is 0 Å². The quantitative estimate of drug-likeness (QED) is 0.840. The Morgan fingerprint density at radius 2 is 2.32 bits per heavy atom. The Bertz CT molecular complexity index is 517. The van der Waals surface area contributed by atoms with Crippen LogP contribution in [0.4, 0.5) is 0 Å². The minimum atomic E-state index is 0.125. The maximum atomic E-state index is 6.15. The maximum Gasteiger partial charge on any atom is 0.167 e. The Hall–Kier alpha value is -1.26. The van der Waals surface area contributed by atoms with Crippen LogP contribution in [0, 0.1) is 5.92 Å². The Morgan fingerprint density at radius 3 is 3.11 bits per heavy atom. The largest absolute Gasteiger partial charge is 0.493 e. The van der Waals surface area contributed by atoms with Gasteiger partial charge in [-0.2, -0.15) is 0 Å². The molecule has 0 amide bonds. The fourth-order valence-electron chi connectivity index (χ4n) is 4.13. The van der Waals surface area contributed by atoms with E-state index in [4.69, 9.17) is 9.47 Å². The van der Waals surface area contributed by atoms with E-state index >= 15 is 0 Å². The first-order chi connectivity index (χ1) is 9.33. The lowest BCUT2D eigenvalue weighted by molar-refractivity contribution is 0.0862. The van der Waals surface area contributed by atoms with Gasteiger partial charge in [-0.15, -0.1) is 0 Å². The normalized spacial score (nSPS) is 34.6. The van der Waals surface area contributed by atoms with Crippen LogP contribution >= 0.6 is 0 Å². The molecule has 0 bridgehead atoms. The summed E-state index contributed by atoms with van der Waals surface area (Å²) in [6, 6.07) is 4.81. The summed E-state index contributed by atoms with van der Waals surface area (Å²) in [6.07, 6.45) is 2.44. The van der Waals surface area contributed by atoms with Gasteiger partial charge in [0.1, 0.15) is 0 Å². The lowest BCUT2D eigenvalue weighted by atomic mass is 9.69. The van der Waals surface area contributed by atoms with Crippen molar-refractivity contribution >= 4 is 0 Å². The molecule has 1 aromatic rings. The first kappa shape index (κ1) is 11.6. The van der Waals surface area contributed by atoms with Gasteiger partial charge >= 0.3 is 0 Å². The Kier molecular flexibility index (Phi) is 2.50. The first-order valence-electron chi connectivity index (χ1n) is 7.10. The monoisotopic (exact) mass is 260 g/mol. The molecule has 2 heterocycles. The molecule has 0 aromatic heterocycles. The van der Waals surface area contributed by atoms with E-state index in [0.29, 0.717) is 17.9 Å². The third-order valence-electron chi connectivity index (χ3n) is 4.99. The van der Waals surface area contributed by atoms with E-state index < -0.39 is 0 Å². The van der Waals surface area contributed by atoms with E-state index in [1.165, 1.54) is 17.5 Å². The van der Waals surface area contributed by atoms with Gasteiger partial charge in [-0.3, -0.25) is 5.32 Å². The molecular formula is C15H20N2O2. The average Bonchev–Trinajstić information content (AvgIpc) is 2.85. The minimum Gasteiger partial charge on any atom is -0.493 e. The van der Waals surface area contributed by atoms with Crippen molar-refractivity contribution in [1.82, 2.24) is 10.6 Å².